The number of carbonyl (C=O) groups is 2. The molecule has 2 aliphatic heterocycles. The van der Waals surface area contributed by atoms with Crippen LogP contribution in [0.3, 0.4) is 0 Å². The van der Waals surface area contributed by atoms with E-state index in [1.54, 1.807) is 0 Å². The Kier molecular flexibility index (Phi) is 3.69. The summed E-state index contributed by atoms with van der Waals surface area (Å²) in [5, 5.41) is 6.18. The summed E-state index contributed by atoms with van der Waals surface area (Å²) in [5.74, 6) is 0.0656. The van der Waals surface area contributed by atoms with Crippen LogP contribution in [0.15, 0.2) is 18.2 Å². The number of piperidine rings is 1. The molecular weight excluding hydrogens is 254 g/mol. The molecule has 0 saturated carbocycles. The zero-order valence-electron chi connectivity index (χ0n) is 11.4. The largest absolute Gasteiger partial charge is 0.326 e. The van der Waals surface area contributed by atoms with Crippen LogP contribution in [-0.4, -0.2) is 31.4 Å². The Bertz CT molecular complexity index is 524. The molecule has 0 bridgehead atoms. The van der Waals surface area contributed by atoms with Crippen molar-refractivity contribution in [1.29, 1.82) is 0 Å². The summed E-state index contributed by atoms with van der Waals surface area (Å²) in [6, 6.07) is 6.12. The highest BCUT2D eigenvalue weighted by molar-refractivity contribution is 5.94. The van der Waals surface area contributed by atoms with Crippen molar-refractivity contribution in [2.75, 3.05) is 23.3 Å². The standard InChI is InChI=1S/C15H19N3O2/c19-10-18(12-5-7-16-8-6-12)13-2-3-14-11(9-13)1-4-15(20)17-14/h2-3,9-10,12,16H,1,4-8H2,(H,17,20). The lowest BCUT2D eigenvalue weighted by Gasteiger charge is -2.32. The van der Waals surface area contributed by atoms with Crippen LogP contribution in [0.4, 0.5) is 11.4 Å². The summed E-state index contributed by atoms with van der Waals surface area (Å²) < 4.78 is 0. The first-order chi connectivity index (χ1) is 9.78. The third-order valence-corrected chi connectivity index (χ3v) is 4.10. The van der Waals surface area contributed by atoms with Crippen LogP contribution in [-0.2, 0) is 16.0 Å². The number of amides is 2. The van der Waals surface area contributed by atoms with Crippen molar-refractivity contribution in [3.63, 3.8) is 0 Å². The minimum Gasteiger partial charge on any atom is -0.326 e. The van der Waals surface area contributed by atoms with E-state index < -0.39 is 0 Å². The number of hydrogen-bond donors (Lipinski definition) is 2. The maximum absolute atomic E-state index is 11.5. The molecule has 0 spiro atoms. The predicted molar refractivity (Wildman–Crippen MR) is 77.8 cm³/mol. The normalized spacial score (nSPS) is 19.1. The first-order valence-electron chi connectivity index (χ1n) is 7.15. The first-order valence-corrected chi connectivity index (χ1v) is 7.15. The van der Waals surface area contributed by atoms with Crippen LogP contribution < -0.4 is 15.5 Å². The van der Waals surface area contributed by atoms with Crippen LogP contribution in [0.5, 0.6) is 0 Å². The molecule has 2 aliphatic rings. The van der Waals surface area contributed by atoms with Gasteiger partial charge in [0, 0.05) is 23.8 Å². The predicted octanol–water partition coefficient (Wildman–Crippen LogP) is 1.29. The molecule has 0 aromatic heterocycles. The number of carbonyl (C=O) groups excluding carboxylic acids is 2. The van der Waals surface area contributed by atoms with Crippen LogP contribution in [0.2, 0.25) is 0 Å². The van der Waals surface area contributed by atoms with Gasteiger partial charge in [0.15, 0.2) is 0 Å². The molecule has 0 atom stereocenters. The molecule has 5 nitrogen and oxygen atoms in total. The van der Waals surface area contributed by atoms with Crippen molar-refractivity contribution in [2.24, 2.45) is 0 Å². The van der Waals surface area contributed by atoms with Gasteiger partial charge in [-0.25, -0.2) is 0 Å². The van der Waals surface area contributed by atoms with Crippen molar-refractivity contribution < 1.29 is 9.59 Å². The molecule has 2 amide bonds. The molecule has 2 heterocycles. The van der Waals surface area contributed by atoms with Crippen molar-refractivity contribution in [2.45, 2.75) is 31.7 Å². The smallest absolute Gasteiger partial charge is 0.224 e. The molecule has 0 unspecified atom stereocenters. The zero-order chi connectivity index (χ0) is 13.9. The van der Waals surface area contributed by atoms with Crippen molar-refractivity contribution in [3.05, 3.63) is 23.8 Å². The molecule has 1 saturated heterocycles. The van der Waals surface area contributed by atoms with E-state index in [-0.39, 0.29) is 11.9 Å². The van der Waals surface area contributed by atoms with E-state index in [0.717, 1.165) is 55.7 Å². The maximum atomic E-state index is 11.5. The number of hydrogen-bond acceptors (Lipinski definition) is 3. The first kappa shape index (κ1) is 13.1. The lowest BCUT2D eigenvalue weighted by molar-refractivity contribution is -0.116. The van der Waals surface area contributed by atoms with Crippen molar-refractivity contribution in [3.8, 4) is 0 Å². The SMILES string of the molecule is O=CN(c1ccc2c(c1)CCC(=O)N2)C1CCNCC1. The molecule has 1 fully saturated rings. The Morgan fingerprint density at radius 3 is 2.75 bits per heavy atom. The number of nitrogens with one attached hydrogen (secondary N) is 2. The van der Waals surface area contributed by atoms with Crippen LogP contribution in [0.1, 0.15) is 24.8 Å². The third kappa shape index (κ3) is 2.54. The van der Waals surface area contributed by atoms with E-state index in [1.165, 1.54) is 0 Å². The number of rotatable bonds is 3. The highest BCUT2D eigenvalue weighted by atomic mass is 16.1. The van der Waals surface area contributed by atoms with E-state index in [0.29, 0.717) is 6.42 Å². The highest BCUT2D eigenvalue weighted by Gasteiger charge is 2.22. The monoisotopic (exact) mass is 273 g/mol. The van der Waals surface area contributed by atoms with E-state index >= 15 is 0 Å². The maximum Gasteiger partial charge on any atom is 0.224 e. The Balaban J connectivity index is 1.84. The lowest BCUT2D eigenvalue weighted by atomic mass is 10.00. The van der Waals surface area contributed by atoms with Gasteiger partial charge in [-0.05, 0) is 56.1 Å². The molecule has 2 N–H and O–H groups in total. The number of fused-ring (bicyclic) bond motifs is 1. The number of anilines is 2. The minimum atomic E-state index is 0.0656. The van der Waals surface area contributed by atoms with Gasteiger partial charge in [0.05, 0.1) is 0 Å². The fourth-order valence-electron chi connectivity index (χ4n) is 2.97. The molecule has 0 radical (unpaired) electrons. The number of aryl methyl sites for hydroxylation is 1. The van der Waals surface area contributed by atoms with Gasteiger partial charge >= 0.3 is 0 Å². The molecule has 1 aromatic carbocycles. The second-order valence-electron chi connectivity index (χ2n) is 5.38. The van der Waals surface area contributed by atoms with Gasteiger partial charge in [0.1, 0.15) is 0 Å². The quantitative estimate of drug-likeness (QED) is 0.816. The fraction of sp³-hybridized carbons (Fsp3) is 0.467. The summed E-state index contributed by atoms with van der Waals surface area (Å²) in [7, 11) is 0. The van der Waals surface area contributed by atoms with Gasteiger partial charge in [0.2, 0.25) is 12.3 Å². The van der Waals surface area contributed by atoms with E-state index in [4.69, 9.17) is 0 Å². The summed E-state index contributed by atoms with van der Waals surface area (Å²) in [6.45, 7) is 1.91. The van der Waals surface area contributed by atoms with Crippen molar-refractivity contribution in [1.82, 2.24) is 5.32 Å². The summed E-state index contributed by atoms with van der Waals surface area (Å²) in [5.41, 5.74) is 2.92. The van der Waals surface area contributed by atoms with Crippen molar-refractivity contribution >= 4 is 23.7 Å². The van der Waals surface area contributed by atoms with Gasteiger partial charge in [-0.2, -0.15) is 0 Å². The fourth-order valence-corrected chi connectivity index (χ4v) is 2.97. The molecular formula is C15H19N3O2. The van der Waals surface area contributed by atoms with Crippen LogP contribution >= 0.6 is 0 Å². The van der Waals surface area contributed by atoms with Gasteiger partial charge in [-0.1, -0.05) is 0 Å². The third-order valence-electron chi connectivity index (χ3n) is 4.10. The van der Waals surface area contributed by atoms with Gasteiger partial charge in [-0.15, -0.1) is 0 Å². The molecule has 1 aromatic rings. The average Bonchev–Trinajstić information content (AvgIpc) is 2.49. The van der Waals surface area contributed by atoms with E-state index in [1.807, 2.05) is 23.1 Å². The second-order valence-corrected chi connectivity index (χ2v) is 5.38. The Labute approximate surface area is 118 Å². The van der Waals surface area contributed by atoms with Crippen LogP contribution in [0.25, 0.3) is 0 Å². The molecule has 3 rings (SSSR count). The number of benzene rings is 1. The Morgan fingerprint density at radius 1 is 1.20 bits per heavy atom. The van der Waals surface area contributed by atoms with E-state index in [9.17, 15) is 9.59 Å². The summed E-state index contributed by atoms with van der Waals surface area (Å²) in [6.07, 6.45) is 4.15. The second kappa shape index (κ2) is 5.63. The number of nitrogens with zero attached hydrogens (tertiary/aromatic N) is 1. The average molecular weight is 273 g/mol. The Hall–Kier alpha value is -1.88. The highest BCUT2D eigenvalue weighted by Crippen LogP contribution is 2.29. The molecule has 20 heavy (non-hydrogen) atoms. The molecule has 0 aliphatic carbocycles. The zero-order valence-corrected chi connectivity index (χ0v) is 11.4. The van der Waals surface area contributed by atoms with Gasteiger partial charge in [-0.3, -0.25) is 9.59 Å². The van der Waals surface area contributed by atoms with Gasteiger partial charge < -0.3 is 15.5 Å². The summed E-state index contributed by atoms with van der Waals surface area (Å²) >= 11 is 0. The van der Waals surface area contributed by atoms with Crippen LogP contribution in [0, 0.1) is 0 Å². The van der Waals surface area contributed by atoms with E-state index in [2.05, 4.69) is 10.6 Å². The summed E-state index contributed by atoms with van der Waals surface area (Å²) in [4.78, 5) is 24.7. The molecule has 5 heteroatoms. The van der Waals surface area contributed by atoms with Gasteiger partial charge in [0.25, 0.3) is 0 Å². The minimum absolute atomic E-state index is 0.0656. The topological polar surface area (TPSA) is 61.4 Å². The Morgan fingerprint density at radius 2 is 2.00 bits per heavy atom. The molecule has 106 valence electrons. The lowest BCUT2D eigenvalue weighted by Crippen LogP contribution is -2.42.